The number of carbonyl (C=O) groups is 2. The Bertz CT molecular complexity index is 1300. The highest BCUT2D eigenvalue weighted by atomic mass is 32.2. The van der Waals surface area contributed by atoms with Crippen molar-refractivity contribution in [3.05, 3.63) is 89.0 Å². The molecule has 2 aromatic carbocycles. The Morgan fingerprint density at radius 3 is 2.67 bits per heavy atom. The fourth-order valence-electron chi connectivity index (χ4n) is 3.60. The zero-order valence-electron chi connectivity index (χ0n) is 18.9. The molecule has 7 heteroatoms. The van der Waals surface area contributed by atoms with E-state index in [0.717, 1.165) is 21.4 Å². The molecule has 0 aliphatic carbocycles. The molecule has 0 unspecified atom stereocenters. The summed E-state index contributed by atoms with van der Waals surface area (Å²) in [5.41, 5.74) is 4.06. The van der Waals surface area contributed by atoms with Gasteiger partial charge in [0.15, 0.2) is 0 Å². The van der Waals surface area contributed by atoms with Gasteiger partial charge in [-0.25, -0.2) is 4.79 Å². The van der Waals surface area contributed by atoms with Crippen molar-refractivity contribution in [1.82, 2.24) is 9.88 Å². The molecule has 2 aromatic heterocycles. The molecule has 0 spiro atoms. The topological polar surface area (TPSA) is 73.5 Å². The van der Waals surface area contributed by atoms with Crippen molar-refractivity contribution in [2.45, 2.75) is 31.0 Å². The van der Waals surface area contributed by atoms with Crippen molar-refractivity contribution < 1.29 is 18.7 Å². The molecule has 0 aliphatic heterocycles. The number of aryl methyl sites for hydroxylation is 2. The Balaban J connectivity index is 1.42. The Kier molecular flexibility index (Phi) is 6.89. The first-order valence-corrected chi connectivity index (χ1v) is 11.7. The number of thioether (sulfide) groups is 1. The first kappa shape index (κ1) is 22.7. The predicted molar refractivity (Wildman–Crippen MR) is 130 cm³/mol. The number of fused-ring (bicyclic) bond motifs is 1. The maximum Gasteiger partial charge on any atom is 0.373 e. The number of nitrogens with zero attached hydrogens (tertiary/aromatic N) is 1. The smallest absolute Gasteiger partial charge is 0.373 e. The molecule has 0 saturated carbocycles. The van der Waals surface area contributed by atoms with E-state index in [-0.39, 0.29) is 11.7 Å². The Morgan fingerprint density at radius 2 is 1.88 bits per heavy atom. The summed E-state index contributed by atoms with van der Waals surface area (Å²) in [7, 11) is 1.33. The normalized spacial score (nSPS) is 11.0. The first-order valence-electron chi connectivity index (χ1n) is 10.7. The molecule has 0 radical (unpaired) electrons. The number of amides is 1. The van der Waals surface area contributed by atoms with Gasteiger partial charge >= 0.3 is 5.97 Å². The summed E-state index contributed by atoms with van der Waals surface area (Å²) in [5.74, 6) is 0.955. The van der Waals surface area contributed by atoms with E-state index < -0.39 is 5.97 Å². The van der Waals surface area contributed by atoms with Crippen LogP contribution in [0.4, 0.5) is 0 Å². The van der Waals surface area contributed by atoms with E-state index in [4.69, 9.17) is 9.15 Å². The third kappa shape index (κ3) is 5.14. The van der Waals surface area contributed by atoms with Gasteiger partial charge in [0, 0.05) is 40.6 Å². The standard InChI is InChI=1S/C26H26N2O4S/c1-17-8-9-19(14-18(17)2)25(29)27-12-13-28-15-24(21-6-4-5-7-22(21)28)33-16-20-10-11-23(32-20)26(30)31-3/h4-11,14-15H,12-13,16H2,1-3H3,(H,27,29). The van der Waals surface area contributed by atoms with Crippen molar-refractivity contribution in [3.8, 4) is 0 Å². The molecule has 4 rings (SSSR count). The van der Waals surface area contributed by atoms with Crippen molar-refractivity contribution in [3.63, 3.8) is 0 Å². The molecule has 0 saturated heterocycles. The van der Waals surface area contributed by atoms with Crippen LogP contribution >= 0.6 is 11.8 Å². The predicted octanol–water partition coefficient (Wildman–Crippen LogP) is 5.36. The van der Waals surface area contributed by atoms with Gasteiger partial charge < -0.3 is 19.0 Å². The van der Waals surface area contributed by atoms with Gasteiger partial charge in [-0.05, 0) is 55.3 Å². The van der Waals surface area contributed by atoms with Crippen LogP contribution in [-0.2, 0) is 17.0 Å². The molecule has 0 atom stereocenters. The molecule has 2 heterocycles. The van der Waals surface area contributed by atoms with Crippen LogP contribution in [0.1, 0.15) is 37.8 Å². The second-order valence-corrected chi connectivity index (χ2v) is 8.82. The molecule has 1 N–H and O–H groups in total. The fraction of sp³-hybridized carbons (Fsp3) is 0.231. The van der Waals surface area contributed by atoms with Gasteiger partial charge in [-0.3, -0.25) is 4.79 Å². The zero-order chi connectivity index (χ0) is 23.4. The molecule has 1 amide bonds. The number of furan rings is 1. The molecule has 4 aromatic rings. The average Bonchev–Trinajstić information content (AvgIpc) is 3.44. The largest absolute Gasteiger partial charge is 0.463 e. The molecule has 33 heavy (non-hydrogen) atoms. The van der Waals surface area contributed by atoms with E-state index in [0.29, 0.717) is 30.2 Å². The van der Waals surface area contributed by atoms with Crippen molar-refractivity contribution in [1.29, 1.82) is 0 Å². The molecular formula is C26H26N2O4S. The third-order valence-corrected chi connectivity index (χ3v) is 6.64. The molecular weight excluding hydrogens is 436 g/mol. The van der Waals surface area contributed by atoms with Gasteiger partial charge in [-0.1, -0.05) is 24.3 Å². The number of hydrogen-bond donors (Lipinski definition) is 1. The first-order chi connectivity index (χ1) is 16.0. The third-order valence-electron chi connectivity index (χ3n) is 5.58. The second-order valence-electron chi connectivity index (χ2n) is 7.81. The SMILES string of the molecule is COC(=O)c1ccc(CSc2cn(CCNC(=O)c3ccc(C)c(C)c3)c3ccccc23)o1. The number of carbonyl (C=O) groups excluding carboxylic acids is 2. The highest BCUT2D eigenvalue weighted by Crippen LogP contribution is 2.32. The van der Waals surface area contributed by atoms with Gasteiger partial charge in [0.1, 0.15) is 5.76 Å². The van der Waals surface area contributed by atoms with Crippen molar-refractivity contribution in [2.24, 2.45) is 0 Å². The lowest BCUT2D eigenvalue weighted by Gasteiger charge is -2.09. The van der Waals surface area contributed by atoms with Gasteiger partial charge in [-0.2, -0.15) is 0 Å². The lowest BCUT2D eigenvalue weighted by molar-refractivity contribution is 0.0563. The van der Waals surface area contributed by atoms with E-state index in [2.05, 4.69) is 28.2 Å². The number of nitrogens with one attached hydrogen (secondary N) is 1. The Labute approximate surface area is 196 Å². The molecule has 6 nitrogen and oxygen atoms in total. The quantitative estimate of drug-likeness (QED) is 0.282. The van der Waals surface area contributed by atoms with Crippen LogP contribution in [0.25, 0.3) is 10.9 Å². The van der Waals surface area contributed by atoms with Crippen LogP contribution in [0.15, 0.2) is 70.1 Å². The number of rotatable bonds is 8. The van der Waals surface area contributed by atoms with Gasteiger partial charge in [0.25, 0.3) is 5.91 Å². The number of esters is 1. The summed E-state index contributed by atoms with van der Waals surface area (Å²) in [4.78, 5) is 25.2. The van der Waals surface area contributed by atoms with E-state index in [1.807, 2.05) is 44.2 Å². The van der Waals surface area contributed by atoms with Crippen LogP contribution in [0.3, 0.4) is 0 Å². The highest BCUT2D eigenvalue weighted by molar-refractivity contribution is 7.98. The second kappa shape index (κ2) is 10.0. The van der Waals surface area contributed by atoms with Crippen LogP contribution in [0, 0.1) is 13.8 Å². The van der Waals surface area contributed by atoms with Crippen molar-refractivity contribution in [2.75, 3.05) is 13.7 Å². The number of aromatic nitrogens is 1. The lowest BCUT2D eigenvalue weighted by atomic mass is 10.1. The summed E-state index contributed by atoms with van der Waals surface area (Å²) in [6, 6.07) is 17.4. The van der Waals surface area contributed by atoms with Gasteiger partial charge in [-0.15, -0.1) is 11.8 Å². The number of methoxy groups -OCH3 is 1. The number of hydrogen-bond acceptors (Lipinski definition) is 5. The number of benzene rings is 2. The Hall–Kier alpha value is -3.45. The van der Waals surface area contributed by atoms with Crippen LogP contribution in [0.2, 0.25) is 0 Å². The Morgan fingerprint density at radius 1 is 1.06 bits per heavy atom. The van der Waals surface area contributed by atoms with Gasteiger partial charge in [0.2, 0.25) is 5.76 Å². The molecule has 0 fully saturated rings. The number of ether oxygens (including phenoxy) is 1. The lowest BCUT2D eigenvalue weighted by Crippen LogP contribution is -2.27. The van der Waals surface area contributed by atoms with Crippen LogP contribution < -0.4 is 5.32 Å². The molecule has 170 valence electrons. The van der Waals surface area contributed by atoms with Crippen LogP contribution in [0.5, 0.6) is 0 Å². The fourth-order valence-corrected chi connectivity index (χ4v) is 4.59. The molecule has 0 aliphatic rings. The summed E-state index contributed by atoms with van der Waals surface area (Å²) >= 11 is 1.64. The summed E-state index contributed by atoms with van der Waals surface area (Å²) < 4.78 is 12.4. The summed E-state index contributed by atoms with van der Waals surface area (Å²) in [5, 5.41) is 4.16. The van der Waals surface area contributed by atoms with E-state index in [9.17, 15) is 9.59 Å². The van der Waals surface area contributed by atoms with Crippen LogP contribution in [-0.4, -0.2) is 30.1 Å². The average molecular weight is 463 g/mol. The minimum Gasteiger partial charge on any atom is -0.463 e. The highest BCUT2D eigenvalue weighted by Gasteiger charge is 2.14. The minimum atomic E-state index is -0.481. The summed E-state index contributed by atoms with van der Waals surface area (Å²) in [6.07, 6.45) is 2.10. The number of para-hydroxylation sites is 1. The molecule has 0 bridgehead atoms. The maximum atomic E-state index is 12.5. The van der Waals surface area contributed by atoms with E-state index in [1.54, 1.807) is 23.9 Å². The summed E-state index contributed by atoms with van der Waals surface area (Å²) in [6.45, 7) is 5.23. The van der Waals surface area contributed by atoms with Gasteiger partial charge in [0.05, 0.1) is 12.9 Å². The maximum absolute atomic E-state index is 12.5. The monoisotopic (exact) mass is 462 g/mol. The van der Waals surface area contributed by atoms with E-state index >= 15 is 0 Å². The van der Waals surface area contributed by atoms with E-state index in [1.165, 1.54) is 12.7 Å². The minimum absolute atomic E-state index is 0.0663. The zero-order valence-corrected chi connectivity index (χ0v) is 19.7. The van der Waals surface area contributed by atoms with Crippen molar-refractivity contribution >= 4 is 34.5 Å².